The molecule has 182 valence electrons. The van der Waals surface area contributed by atoms with Crippen molar-refractivity contribution in [2.45, 2.75) is 13.1 Å². The number of carbonyl (C=O) groups excluding carboxylic acids is 1. The minimum Gasteiger partial charge on any atom is -0.420 e. The third-order valence-corrected chi connectivity index (χ3v) is 7.40. The molecule has 0 unspecified atom stereocenters. The van der Waals surface area contributed by atoms with Gasteiger partial charge in [-0.2, -0.15) is 10.2 Å². The van der Waals surface area contributed by atoms with E-state index in [1.165, 1.54) is 28.7 Å². The molecule has 10 heteroatoms. The van der Waals surface area contributed by atoms with E-state index >= 15 is 0 Å². The number of rotatable bonds is 6. The second-order valence-corrected chi connectivity index (χ2v) is 10.1. The zero-order valence-corrected chi connectivity index (χ0v) is 20.9. The highest BCUT2D eigenvalue weighted by molar-refractivity contribution is 8.26. The number of thioether (sulfide) groups is 1. The molecular formula is C26H22FN5O2S2. The second-order valence-electron chi connectivity index (χ2n) is 8.46. The summed E-state index contributed by atoms with van der Waals surface area (Å²) < 4.78 is 19.5. The molecular weight excluding hydrogens is 497 g/mol. The largest absolute Gasteiger partial charge is 0.420 e. The Morgan fingerprint density at radius 1 is 1.06 bits per heavy atom. The molecule has 3 aromatic rings. The van der Waals surface area contributed by atoms with E-state index in [0.29, 0.717) is 28.2 Å². The van der Waals surface area contributed by atoms with Crippen molar-refractivity contribution in [3.8, 4) is 6.07 Å². The number of thiocarbonyl (C=S) groups is 1. The van der Waals surface area contributed by atoms with Crippen molar-refractivity contribution >= 4 is 46.2 Å². The van der Waals surface area contributed by atoms with Gasteiger partial charge in [-0.25, -0.2) is 4.39 Å². The number of carbonyl (C=O) groups is 1. The normalized spacial score (nSPS) is 17.7. The van der Waals surface area contributed by atoms with Gasteiger partial charge in [-0.1, -0.05) is 66.4 Å². The summed E-state index contributed by atoms with van der Waals surface area (Å²) in [5, 5.41) is 9.63. The fraction of sp³-hybridized carbons (Fsp3) is 0.231. The van der Waals surface area contributed by atoms with Gasteiger partial charge in [-0.15, -0.1) is 0 Å². The lowest BCUT2D eigenvalue weighted by atomic mass is 10.2. The van der Waals surface area contributed by atoms with E-state index < -0.39 is 0 Å². The molecule has 0 radical (unpaired) electrons. The Labute approximate surface area is 217 Å². The zero-order chi connectivity index (χ0) is 25.1. The van der Waals surface area contributed by atoms with Gasteiger partial charge in [0.05, 0.1) is 11.4 Å². The summed E-state index contributed by atoms with van der Waals surface area (Å²) in [6.07, 6.45) is 1.53. The van der Waals surface area contributed by atoms with E-state index in [4.69, 9.17) is 16.6 Å². The smallest absolute Gasteiger partial charge is 0.266 e. The highest BCUT2D eigenvalue weighted by atomic mass is 32.2. The van der Waals surface area contributed by atoms with Crippen molar-refractivity contribution in [1.82, 2.24) is 14.8 Å². The maximum atomic E-state index is 13.2. The van der Waals surface area contributed by atoms with Crippen molar-refractivity contribution in [3.63, 3.8) is 0 Å². The zero-order valence-electron chi connectivity index (χ0n) is 19.3. The van der Waals surface area contributed by atoms with E-state index in [2.05, 4.69) is 28.1 Å². The summed E-state index contributed by atoms with van der Waals surface area (Å²) in [6.45, 7) is 4.19. The molecule has 2 aliphatic rings. The third-order valence-electron chi connectivity index (χ3n) is 6.02. The quantitative estimate of drug-likeness (QED) is 0.350. The maximum absolute atomic E-state index is 13.2. The Bertz CT molecular complexity index is 1340. The molecule has 36 heavy (non-hydrogen) atoms. The van der Waals surface area contributed by atoms with Crippen LogP contribution in [0, 0.1) is 17.1 Å². The van der Waals surface area contributed by atoms with Gasteiger partial charge in [0.25, 0.3) is 5.91 Å². The molecule has 3 heterocycles. The summed E-state index contributed by atoms with van der Waals surface area (Å²) in [4.78, 5) is 23.5. The van der Waals surface area contributed by atoms with Crippen LogP contribution in [0.5, 0.6) is 0 Å². The van der Waals surface area contributed by atoms with E-state index in [9.17, 15) is 14.4 Å². The third kappa shape index (κ3) is 5.33. The Hall–Kier alpha value is -3.52. The van der Waals surface area contributed by atoms with Gasteiger partial charge in [0.15, 0.2) is 0 Å². The van der Waals surface area contributed by atoms with Crippen LogP contribution >= 0.6 is 24.0 Å². The first-order chi connectivity index (χ1) is 17.5. The SMILES string of the molecule is N#Cc1nc(/C=C2/SC(=S)N(Cc3ccc(F)cc3)C2=O)oc1N1CCN(Cc2ccccc2)CC1. The summed E-state index contributed by atoms with van der Waals surface area (Å²) in [5.74, 6) is -0.00260. The van der Waals surface area contributed by atoms with Crippen LogP contribution in [0.1, 0.15) is 22.7 Å². The van der Waals surface area contributed by atoms with E-state index in [0.717, 1.165) is 37.0 Å². The van der Waals surface area contributed by atoms with Crippen LogP contribution in [0.2, 0.25) is 0 Å². The molecule has 2 aromatic carbocycles. The molecule has 0 atom stereocenters. The van der Waals surface area contributed by atoms with Crippen molar-refractivity contribution < 1.29 is 13.6 Å². The van der Waals surface area contributed by atoms with Gasteiger partial charge >= 0.3 is 0 Å². The average Bonchev–Trinajstić information content (AvgIpc) is 3.42. The van der Waals surface area contributed by atoms with E-state index in [1.807, 2.05) is 23.1 Å². The van der Waals surface area contributed by atoms with Gasteiger partial charge in [0, 0.05) is 38.8 Å². The molecule has 1 amide bonds. The van der Waals surface area contributed by atoms with Gasteiger partial charge in [-0.05, 0) is 23.3 Å². The molecule has 7 nitrogen and oxygen atoms in total. The number of halogens is 1. The predicted octanol–water partition coefficient (Wildman–Crippen LogP) is 4.41. The fourth-order valence-corrected chi connectivity index (χ4v) is 5.37. The lowest BCUT2D eigenvalue weighted by Gasteiger charge is -2.34. The number of benzene rings is 2. The molecule has 2 fully saturated rings. The predicted molar refractivity (Wildman–Crippen MR) is 140 cm³/mol. The van der Waals surface area contributed by atoms with Gasteiger partial charge in [0.1, 0.15) is 16.2 Å². The first-order valence-corrected chi connectivity index (χ1v) is 12.6. The van der Waals surface area contributed by atoms with Crippen molar-refractivity contribution in [1.29, 1.82) is 5.26 Å². The molecule has 5 rings (SSSR count). The number of amides is 1. The molecule has 2 aliphatic heterocycles. The number of hydrogen-bond acceptors (Lipinski definition) is 8. The van der Waals surface area contributed by atoms with Crippen molar-refractivity contribution in [3.05, 3.63) is 88.0 Å². The number of aromatic nitrogens is 1. The Kier molecular flexibility index (Phi) is 7.13. The minimum atomic E-state index is -0.338. The molecule has 0 aliphatic carbocycles. The molecule has 0 saturated carbocycles. The van der Waals surface area contributed by atoms with E-state index in [-0.39, 0.29) is 29.9 Å². The topological polar surface area (TPSA) is 76.6 Å². The van der Waals surface area contributed by atoms with Crippen LogP contribution in [0.3, 0.4) is 0 Å². The lowest BCUT2D eigenvalue weighted by Crippen LogP contribution is -2.46. The van der Waals surface area contributed by atoms with Crippen LogP contribution in [0.15, 0.2) is 63.9 Å². The van der Waals surface area contributed by atoms with Crippen LogP contribution in [0.25, 0.3) is 6.08 Å². The fourth-order valence-electron chi connectivity index (χ4n) is 4.15. The van der Waals surface area contributed by atoms with E-state index in [1.54, 1.807) is 12.1 Å². The first-order valence-electron chi connectivity index (χ1n) is 11.4. The minimum absolute atomic E-state index is 0.190. The van der Waals surface area contributed by atoms with Crippen molar-refractivity contribution in [2.75, 3.05) is 31.1 Å². The standard InChI is InChI=1S/C26H22FN5O2S2/c27-20-8-6-19(7-9-20)17-32-24(33)22(36-26(32)35)14-23-29-21(15-28)25(34-23)31-12-10-30(11-13-31)16-18-4-2-1-3-5-18/h1-9,14H,10-13,16-17H2/b22-14+. The number of nitriles is 1. The van der Waals surface area contributed by atoms with Gasteiger partial charge < -0.3 is 9.32 Å². The monoisotopic (exact) mass is 519 g/mol. The number of piperazine rings is 1. The van der Waals surface area contributed by atoms with Crippen LogP contribution in [-0.4, -0.2) is 51.2 Å². The van der Waals surface area contributed by atoms with Crippen LogP contribution < -0.4 is 4.90 Å². The number of anilines is 1. The number of hydrogen-bond donors (Lipinski definition) is 0. The highest BCUT2D eigenvalue weighted by Gasteiger charge is 2.33. The Morgan fingerprint density at radius 3 is 2.44 bits per heavy atom. The Balaban J connectivity index is 1.26. The Morgan fingerprint density at radius 2 is 1.75 bits per heavy atom. The van der Waals surface area contributed by atoms with Gasteiger partial charge in [-0.3, -0.25) is 14.6 Å². The van der Waals surface area contributed by atoms with Gasteiger partial charge in [0.2, 0.25) is 17.5 Å². The van der Waals surface area contributed by atoms with Crippen LogP contribution in [0.4, 0.5) is 10.3 Å². The summed E-state index contributed by atoms with van der Waals surface area (Å²) in [6, 6.07) is 18.4. The molecule has 0 N–H and O–H groups in total. The summed E-state index contributed by atoms with van der Waals surface area (Å²) in [5.41, 5.74) is 2.23. The lowest BCUT2D eigenvalue weighted by molar-refractivity contribution is -0.122. The molecule has 1 aromatic heterocycles. The number of oxazole rings is 1. The first kappa shape index (κ1) is 24.2. The summed E-state index contributed by atoms with van der Waals surface area (Å²) >= 11 is 6.54. The summed E-state index contributed by atoms with van der Waals surface area (Å²) in [7, 11) is 0. The average molecular weight is 520 g/mol. The van der Waals surface area contributed by atoms with Crippen LogP contribution in [-0.2, 0) is 17.9 Å². The molecule has 2 saturated heterocycles. The maximum Gasteiger partial charge on any atom is 0.266 e. The second kappa shape index (κ2) is 10.6. The molecule has 0 bridgehead atoms. The highest BCUT2D eigenvalue weighted by Crippen LogP contribution is 2.34. The number of nitrogens with zero attached hydrogens (tertiary/aromatic N) is 5. The van der Waals surface area contributed by atoms with Crippen molar-refractivity contribution in [2.24, 2.45) is 0 Å². The molecule has 0 spiro atoms.